The van der Waals surface area contributed by atoms with E-state index in [2.05, 4.69) is 5.32 Å². The molecule has 8 nitrogen and oxygen atoms in total. The molecular formula is C19H21ClN4O4S. The van der Waals surface area contributed by atoms with Crippen LogP contribution in [0.3, 0.4) is 0 Å². The molecule has 29 heavy (non-hydrogen) atoms. The molecule has 0 saturated carbocycles. The maximum absolute atomic E-state index is 13.1. The lowest BCUT2D eigenvalue weighted by molar-refractivity contribution is -0.116. The monoisotopic (exact) mass is 436 g/mol. The van der Waals surface area contributed by atoms with Gasteiger partial charge < -0.3 is 5.32 Å². The summed E-state index contributed by atoms with van der Waals surface area (Å²) >= 11 is 5.90. The molecule has 1 N–H and O–H groups in total. The Kier molecular flexibility index (Phi) is 5.83. The molecule has 1 heterocycles. The van der Waals surface area contributed by atoms with Crippen molar-refractivity contribution in [1.29, 1.82) is 0 Å². The first-order valence-electron chi connectivity index (χ1n) is 8.86. The minimum atomic E-state index is -3.94. The zero-order valence-electron chi connectivity index (χ0n) is 16.2. The van der Waals surface area contributed by atoms with E-state index in [0.29, 0.717) is 21.7 Å². The van der Waals surface area contributed by atoms with E-state index < -0.39 is 15.9 Å². The van der Waals surface area contributed by atoms with E-state index in [1.54, 1.807) is 51.4 Å². The third-order valence-electron chi connectivity index (χ3n) is 4.66. The van der Waals surface area contributed by atoms with E-state index in [-0.39, 0.29) is 23.7 Å². The van der Waals surface area contributed by atoms with Gasteiger partial charge in [0.25, 0.3) is 0 Å². The maximum atomic E-state index is 13.1. The first-order chi connectivity index (χ1) is 13.6. The van der Waals surface area contributed by atoms with Crippen LogP contribution in [-0.4, -0.2) is 40.9 Å². The molecule has 1 amide bonds. The van der Waals surface area contributed by atoms with Gasteiger partial charge in [0, 0.05) is 31.4 Å². The first kappa shape index (κ1) is 21.1. The Labute approximate surface area is 173 Å². The highest BCUT2D eigenvalue weighted by atomic mass is 35.5. The van der Waals surface area contributed by atoms with Gasteiger partial charge in [0.05, 0.1) is 22.5 Å². The number of benzene rings is 2. The third-order valence-corrected chi connectivity index (χ3v) is 6.81. The van der Waals surface area contributed by atoms with Gasteiger partial charge in [-0.3, -0.25) is 13.9 Å². The normalized spacial score (nSPS) is 11.9. The molecule has 0 spiro atoms. The fourth-order valence-electron chi connectivity index (χ4n) is 3.09. The van der Waals surface area contributed by atoms with Crippen LogP contribution in [0.1, 0.15) is 6.92 Å². The average molecular weight is 437 g/mol. The third kappa shape index (κ3) is 4.07. The van der Waals surface area contributed by atoms with E-state index in [9.17, 15) is 18.0 Å². The van der Waals surface area contributed by atoms with Gasteiger partial charge in [-0.1, -0.05) is 24.6 Å². The number of aromatic nitrogens is 2. The van der Waals surface area contributed by atoms with Crippen molar-refractivity contribution < 1.29 is 13.2 Å². The summed E-state index contributed by atoms with van der Waals surface area (Å²) in [5.41, 5.74) is 1.36. The Balaban J connectivity index is 1.88. The number of anilines is 1. The van der Waals surface area contributed by atoms with Crippen LogP contribution in [0, 0.1) is 0 Å². The van der Waals surface area contributed by atoms with E-state index >= 15 is 0 Å². The number of nitrogens with zero attached hydrogens (tertiary/aromatic N) is 3. The number of hydrogen-bond acceptors (Lipinski definition) is 4. The van der Waals surface area contributed by atoms with Crippen molar-refractivity contribution >= 4 is 44.3 Å². The second-order valence-corrected chi connectivity index (χ2v) is 8.92. The summed E-state index contributed by atoms with van der Waals surface area (Å²) in [6, 6.07) is 11.1. The van der Waals surface area contributed by atoms with Gasteiger partial charge in [0.1, 0.15) is 0 Å². The summed E-state index contributed by atoms with van der Waals surface area (Å²) in [6.07, 6.45) is 0. The number of amides is 1. The minimum Gasteiger partial charge on any atom is -0.325 e. The Morgan fingerprint density at radius 3 is 2.45 bits per heavy atom. The number of likely N-dealkylation sites (N-methyl/N-ethyl adjacent to an activating group) is 1. The number of imidazole rings is 1. The van der Waals surface area contributed by atoms with Crippen molar-refractivity contribution in [2.24, 2.45) is 14.1 Å². The van der Waals surface area contributed by atoms with Crippen molar-refractivity contribution in [3.63, 3.8) is 0 Å². The number of carbonyl (C=O) groups excluding carboxylic acids is 1. The topological polar surface area (TPSA) is 93.4 Å². The van der Waals surface area contributed by atoms with Gasteiger partial charge in [-0.25, -0.2) is 13.2 Å². The summed E-state index contributed by atoms with van der Waals surface area (Å²) in [5.74, 6) is -0.481. The lowest BCUT2D eigenvalue weighted by Crippen LogP contribution is -2.37. The molecule has 0 aliphatic carbocycles. The van der Waals surface area contributed by atoms with E-state index in [1.807, 2.05) is 0 Å². The Morgan fingerprint density at radius 2 is 1.79 bits per heavy atom. The lowest BCUT2D eigenvalue weighted by Gasteiger charge is -2.20. The number of fused-ring (bicyclic) bond motifs is 1. The van der Waals surface area contributed by atoms with Gasteiger partial charge in [0.15, 0.2) is 0 Å². The van der Waals surface area contributed by atoms with Crippen LogP contribution < -0.4 is 11.0 Å². The zero-order chi connectivity index (χ0) is 21.3. The molecule has 3 rings (SSSR count). The average Bonchev–Trinajstić information content (AvgIpc) is 2.90. The minimum absolute atomic E-state index is 0.0172. The summed E-state index contributed by atoms with van der Waals surface area (Å²) in [7, 11) is -0.734. The van der Waals surface area contributed by atoms with Gasteiger partial charge in [-0.05, 0) is 36.4 Å². The second kappa shape index (κ2) is 8.02. The Morgan fingerprint density at radius 1 is 1.10 bits per heavy atom. The van der Waals surface area contributed by atoms with Gasteiger partial charge in [-0.2, -0.15) is 4.31 Å². The van der Waals surface area contributed by atoms with E-state index in [4.69, 9.17) is 11.6 Å². The maximum Gasteiger partial charge on any atom is 0.328 e. The van der Waals surface area contributed by atoms with Crippen LogP contribution in [0.5, 0.6) is 0 Å². The fraction of sp³-hybridized carbons (Fsp3) is 0.263. The van der Waals surface area contributed by atoms with Crippen molar-refractivity contribution in [3.8, 4) is 0 Å². The van der Waals surface area contributed by atoms with Crippen molar-refractivity contribution in [2.45, 2.75) is 11.8 Å². The summed E-state index contributed by atoms with van der Waals surface area (Å²) < 4.78 is 30.1. The lowest BCUT2D eigenvalue weighted by atomic mass is 10.3. The van der Waals surface area contributed by atoms with E-state index in [0.717, 1.165) is 4.31 Å². The number of carbonyl (C=O) groups is 1. The van der Waals surface area contributed by atoms with Crippen LogP contribution in [0.4, 0.5) is 5.69 Å². The van der Waals surface area contributed by atoms with Gasteiger partial charge in [-0.15, -0.1) is 0 Å². The molecule has 0 atom stereocenters. The smallest absolute Gasteiger partial charge is 0.325 e. The molecular weight excluding hydrogens is 416 g/mol. The molecule has 154 valence electrons. The molecule has 1 aromatic heterocycles. The molecule has 0 unspecified atom stereocenters. The standard InChI is InChI=1S/C19H21ClN4O4S/c1-4-24(12-18(25)21-14-7-5-6-13(20)10-14)29(27,28)15-8-9-16-17(11-15)23(3)19(26)22(16)2/h5-11H,4,12H2,1-3H3,(H,21,25). The van der Waals surface area contributed by atoms with Crippen LogP contribution in [0.15, 0.2) is 52.2 Å². The van der Waals surface area contributed by atoms with E-state index in [1.165, 1.54) is 21.3 Å². The Hall–Kier alpha value is -2.62. The van der Waals surface area contributed by atoms with Crippen LogP contribution in [-0.2, 0) is 28.9 Å². The van der Waals surface area contributed by atoms with Crippen molar-refractivity contribution in [1.82, 2.24) is 13.4 Å². The summed E-state index contributed by atoms with van der Waals surface area (Å²) in [5, 5.41) is 3.10. The highest BCUT2D eigenvalue weighted by Crippen LogP contribution is 2.21. The van der Waals surface area contributed by atoms with Gasteiger partial charge in [0.2, 0.25) is 15.9 Å². The van der Waals surface area contributed by atoms with Crippen molar-refractivity contribution in [2.75, 3.05) is 18.4 Å². The number of rotatable bonds is 6. The van der Waals surface area contributed by atoms with Gasteiger partial charge >= 0.3 is 5.69 Å². The summed E-state index contributed by atoms with van der Waals surface area (Å²) in [4.78, 5) is 24.5. The van der Waals surface area contributed by atoms with Crippen LogP contribution in [0.25, 0.3) is 11.0 Å². The number of aryl methyl sites for hydroxylation is 2. The highest BCUT2D eigenvalue weighted by Gasteiger charge is 2.26. The molecule has 0 saturated heterocycles. The molecule has 0 bridgehead atoms. The first-order valence-corrected chi connectivity index (χ1v) is 10.7. The SMILES string of the molecule is CCN(CC(=O)Nc1cccc(Cl)c1)S(=O)(=O)c1ccc2c(c1)n(C)c(=O)n2C. The quantitative estimate of drug-likeness (QED) is 0.640. The van der Waals surface area contributed by atoms with Crippen LogP contribution >= 0.6 is 11.6 Å². The molecule has 10 heteroatoms. The predicted octanol–water partition coefficient (Wildman–Crippen LogP) is 2.18. The number of nitrogens with one attached hydrogen (secondary N) is 1. The Bertz CT molecular complexity index is 1250. The number of hydrogen-bond donors (Lipinski definition) is 1. The highest BCUT2D eigenvalue weighted by molar-refractivity contribution is 7.89. The largest absolute Gasteiger partial charge is 0.328 e. The second-order valence-electron chi connectivity index (χ2n) is 6.54. The molecule has 0 aliphatic heterocycles. The molecule has 0 aliphatic rings. The molecule has 2 aromatic carbocycles. The molecule has 3 aromatic rings. The predicted molar refractivity (Wildman–Crippen MR) is 113 cm³/mol. The number of sulfonamides is 1. The number of halogens is 1. The zero-order valence-corrected chi connectivity index (χ0v) is 17.8. The molecule has 0 fully saturated rings. The van der Waals surface area contributed by atoms with Crippen LogP contribution in [0.2, 0.25) is 5.02 Å². The summed E-state index contributed by atoms with van der Waals surface area (Å²) in [6.45, 7) is 1.41. The molecule has 0 radical (unpaired) electrons. The fourth-order valence-corrected chi connectivity index (χ4v) is 4.71. The van der Waals surface area contributed by atoms with Crippen molar-refractivity contribution in [3.05, 3.63) is 58.0 Å².